The number of benzene rings is 2. The molecule has 2 aromatic rings. The second-order valence-corrected chi connectivity index (χ2v) is 6.60. The third-order valence-electron chi connectivity index (χ3n) is 4.96. The van der Waals surface area contributed by atoms with Crippen LogP contribution >= 0.6 is 0 Å². The number of ether oxygens (including phenoxy) is 4. The maximum Gasteiger partial charge on any atom is 0.309 e. The summed E-state index contributed by atoms with van der Waals surface area (Å²) in [5, 5.41) is 9.75. The van der Waals surface area contributed by atoms with Gasteiger partial charge in [0.25, 0.3) is 0 Å². The molecule has 1 fully saturated rings. The lowest BCUT2D eigenvalue weighted by atomic mass is 9.85. The first kappa shape index (κ1) is 18.9. The normalized spacial score (nSPS) is 18.9. The van der Waals surface area contributed by atoms with Gasteiger partial charge in [-0.15, -0.1) is 0 Å². The predicted molar refractivity (Wildman–Crippen MR) is 99.6 cm³/mol. The minimum absolute atomic E-state index is 0.0652. The molecule has 0 saturated carbocycles. The van der Waals surface area contributed by atoms with Gasteiger partial charge in [-0.05, 0) is 48.2 Å². The van der Waals surface area contributed by atoms with E-state index in [1.54, 1.807) is 32.4 Å². The molecule has 0 aromatic heterocycles. The van der Waals surface area contributed by atoms with E-state index < -0.39 is 0 Å². The molecule has 6 nitrogen and oxygen atoms in total. The van der Waals surface area contributed by atoms with Crippen LogP contribution in [0.5, 0.6) is 23.0 Å². The summed E-state index contributed by atoms with van der Waals surface area (Å²) in [6.07, 6.45) is 1.24. The topological polar surface area (TPSA) is 74.2 Å². The summed E-state index contributed by atoms with van der Waals surface area (Å²) in [5.74, 6) is 1.45. The highest BCUT2D eigenvalue weighted by Gasteiger charge is 2.37. The molecule has 0 aliphatic carbocycles. The van der Waals surface area contributed by atoms with Crippen LogP contribution in [0.1, 0.15) is 11.1 Å². The molecule has 0 radical (unpaired) electrons. The summed E-state index contributed by atoms with van der Waals surface area (Å²) < 4.78 is 21.1. The minimum atomic E-state index is -0.243. The van der Waals surface area contributed by atoms with Gasteiger partial charge < -0.3 is 24.1 Å². The molecule has 3 rings (SSSR count). The van der Waals surface area contributed by atoms with Crippen LogP contribution in [-0.4, -0.2) is 39.0 Å². The van der Waals surface area contributed by atoms with Crippen LogP contribution in [0.4, 0.5) is 0 Å². The summed E-state index contributed by atoms with van der Waals surface area (Å²) in [7, 11) is 4.70. The Kier molecular flexibility index (Phi) is 5.74. The lowest BCUT2D eigenvalue weighted by Crippen LogP contribution is -2.20. The van der Waals surface area contributed by atoms with Crippen molar-refractivity contribution in [3.05, 3.63) is 47.5 Å². The molecule has 0 spiro atoms. The predicted octanol–water partition coefficient (Wildman–Crippen LogP) is 2.99. The van der Waals surface area contributed by atoms with Crippen molar-refractivity contribution < 1.29 is 28.8 Å². The Bertz CT molecular complexity index is 816. The Labute approximate surface area is 158 Å². The van der Waals surface area contributed by atoms with Crippen molar-refractivity contribution in [1.82, 2.24) is 0 Å². The first-order chi connectivity index (χ1) is 13.0. The van der Waals surface area contributed by atoms with Crippen molar-refractivity contribution >= 4 is 5.97 Å². The zero-order chi connectivity index (χ0) is 19.4. The maximum atomic E-state index is 12.3. The highest BCUT2D eigenvalue weighted by Crippen LogP contribution is 2.34. The Balaban J connectivity index is 1.76. The molecule has 0 amide bonds. The maximum absolute atomic E-state index is 12.3. The number of hydrogen-bond donors (Lipinski definition) is 1. The van der Waals surface area contributed by atoms with E-state index in [4.69, 9.17) is 18.9 Å². The molecule has 1 heterocycles. The van der Waals surface area contributed by atoms with Crippen molar-refractivity contribution in [3.63, 3.8) is 0 Å². The summed E-state index contributed by atoms with van der Waals surface area (Å²) in [4.78, 5) is 12.3. The molecule has 0 unspecified atom stereocenters. The van der Waals surface area contributed by atoms with E-state index in [9.17, 15) is 9.90 Å². The zero-order valence-corrected chi connectivity index (χ0v) is 15.7. The first-order valence-electron chi connectivity index (χ1n) is 8.79. The molecule has 6 heteroatoms. The van der Waals surface area contributed by atoms with Gasteiger partial charge in [0, 0.05) is 5.92 Å². The number of phenolic OH excluding ortho intramolecular Hbond substituents is 1. The number of rotatable bonds is 7. The van der Waals surface area contributed by atoms with Crippen LogP contribution in [-0.2, 0) is 22.4 Å². The standard InChI is InChI=1S/C21H24O6/c1-24-18-7-5-13(11-20(18)26-3)8-15-12-27-21(23)16(15)9-14-4-6-17(22)19(10-14)25-2/h4-7,10-11,15-16,22H,8-9,12H2,1-3H3/t15-,16-/m1/s1. The van der Waals surface area contributed by atoms with E-state index in [0.717, 1.165) is 11.1 Å². The van der Waals surface area contributed by atoms with Crippen molar-refractivity contribution in [2.24, 2.45) is 11.8 Å². The molecule has 1 saturated heterocycles. The Hall–Kier alpha value is -2.89. The number of carbonyl (C=O) groups excluding carboxylic acids is 1. The van der Waals surface area contributed by atoms with Crippen LogP contribution in [0.15, 0.2) is 36.4 Å². The summed E-state index contributed by atoms with van der Waals surface area (Å²) in [6.45, 7) is 0.396. The van der Waals surface area contributed by atoms with E-state index in [2.05, 4.69) is 0 Å². The summed E-state index contributed by atoms with van der Waals surface area (Å²) >= 11 is 0. The first-order valence-corrected chi connectivity index (χ1v) is 8.79. The van der Waals surface area contributed by atoms with Gasteiger partial charge in [-0.2, -0.15) is 0 Å². The number of carbonyl (C=O) groups is 1. The van der Waals surface area contributed by atoms with Gasteiger partial charge in [-0.1, -0.05) is 12.1 Å². The lowest BCUT2D eigenvalue weighted by molar-refractivity contribution is -0.141. The van der Waals surface area contributed by atoms with Crippen LogP contribution in [0.25, 0.3) is 0 Å². The fraction of sp³-hybridized carbons (Fsp3) is 0.381. The largest absolute Gasteiger partial charge is 0.504 e. The molecular formula is C21H24O6. The highest BCUT2D eigenvalue weighted by molar-refractivity contribution is 5.75. The van der Waals surface area contributed by atoms with E-state index in [0.29, 0.717) is 36.7 Å². The molecule has 1 aliphatic heterocycles. The molecule has 144 valence electrons. The number of hydrogen-bond acceptors (Lipinski definition) is 6. The van der Waals surface area contributed by atoms with Crippen molar-refractivity contribution in [3.8, 4) is 23.0 Å². The number of phenols is 1. The van der Waals surface area contributed by atoms with E-state index >= 15 is 0 Å². The minimum Gasteiger partial charge on any atom is -0.504 e. The molecule has 1 N–H and O–H groups in total. The van der Waals surface area contributed by atoms with Gasteiger partial charge in [-0.25, -0.2) is 0 Å². The Morgan fingerprint density at radius 3 is 2.26 bits per heavy atom. The van der Waals surface area contributed by atoms with Crippen LogP contribution in [0, 0.1) is 11.8 Å². The van der Waals surface area contributed by atoms with Gasteiger partial charge in [0.1, 0.15) is 0 Å². The number of esters is 1. The fourth-order valence-corrected chi connectivity index (χ4v) is 3.47. The third kappa shape index (κ3) is 4.10. The fourth-order valence-electron chi connectivity index (χ4n) is 3.47. The molecular weight excluding hydrogens is 348 g/mol. The summed E-state index contributed by atoms with van der Waals surface area (Å²) in [5.41, 5.74) is 1.98. The lowest BCUT2D eigenvalue weighted by Gasteiger charge is -2.17. The van der Waals surface area contributed by atoms with Gasteiger partial charge in [0.2, 0.25) is 0 Å². The van der Waals surface area contributed by atoms with E-state index in [1.807, 2.05) is 18.2 Å². The molecule has 27 heavy (non-hydrogen) atoms. The van der Waals surface area contributed by atoms with E-state index in [-0.39, 0.29) is 23.6 Å². The van der Waals surface area contributed by atoms with Crippen molar-refractivity contribution in [1.29, 1.82) is 0 Å². The van der Waals surface area contributed by atoms with Gasteiger partial charge in [0.15, 0.2) is 23.0 Å². The Morgan fingerprint density at radius 1 is 0.926 bits per heavy atom. The van der Waals surface area contributed by atoms with Crippen LogP contribution in [0.3, 0.4) is 0 Å². The Morgan fingerprint density at radius 2 is 1.56 bits per heavy atom. The quantitative estimate of drug-likeness (QED) is 0.753. The monoisotopic (exact) mass is 372 g/mol. The number of methoxy groups -OCH3 is 3. The van der Waals surface area contributed by atoms with Crippen molar-refractivity contribution in [2.45, 2.75) is 12.8 Å². The number of aromatic hydroxyl groups is 1. The van der Waals surface area contributed by atoms with Crippen molar-refractivity contribution in [2.75, 3.05) is 27.9 Å². The summed E-state index contributed by atoms with van der Waals surface area (Å²) in [6, 6.07) is 10.9. The molecule has 1 aliphatic rings. The molecule has 0 bridgehead atoms. The second-order valence-electron chi connectivity index (χ2n) is 6.60. The highest BCUT2D eigenvalue weighted by atomic mass is 16.5. The number of cyclic esters (lactones) is 1. The van der Waals surface area contributed by atoms with Crippen LogP contribution < -0.4 is 14.2 Å². The average Bonchev–Trinajstić information content (AvgIpc) is 3.02. The van der Waals surface area contributed by atoms with E-state index in [1.165, 1.54) is 7.11 Å². The van der Waals surface area contributed by atoms with Gasteiger partial charge in [-0.3, -0.25) is 4.79 Å². The van der Waals surface area contributed by atoms with Gasteiger partial charge in [0.05, 0.1) is 33.9 Å². The third-order valence-corrected chi connectivity index (χ3v) is 4.96. The molecule has 2 aromatic carbocycles. The second kappa shape index (κ2) is 8.20. The average molecular weight is 372 g/mol. The van der Waals surface area contributed by atoms with Gasteiger partial charge >= 0.3 is 5.97 Å². The SMILES string of the molecule is COc1cc(C[C@H]2C(=O)OC[C@H]2Cc2ccc(OC)c(OC)c2)ccc1O. The smallest absolute Gasteiger partial charge is 0.309 e. The van der Waals surface area contributed by atoms with Crippen LogP contribution in [0.2, 0.25) is 0 Å². The zero-order valence-electron chi connectivity index (χ0n) is 15.7. The molecule has 2 atom stereocenters.